The Morgan fingerprint density at radius 1 is 0.741 bits per heavy atom. The lowest BCUT2D eigenvalue weighted by Crippen LogP contribution is -2.47. The first-order valence-corrected chi connectivity index (χ1v) is 9.91. The van der Waals surface area contributed by atoms with Crippen LogP contribution >= 0.6 is 0 Å². The second-order valence-electron chi connectivity index (χ2n) is 7.32. The minimum atomic E-state index is -0.886. The largest absolute Gasteiger partial charge is 0.494 e. The molecule has 2 rings (SSSR count). The molecule has 0 heterocycles. The summed E-state index contributed by atoms with van der Waals surface area (Å²) in [6, 6.07) is 18.5. The molecule has 0 aliphatic carbocycles. The van der Waals surface area contributed by atoms with E-state index in [1.165, 1.54) is 30.4 Å². The molecule has 0 fully saturated rings. The highest BCUT2D eigenvalue weighted by Gasteiger charge is 2.22. The molecule has 27 heavy (non-hydrogen) atoms. The van der Waals surface area contributed by atoms with E-state index < -0.39 is 5.54 Å². The van der Waals surface area contributed by atoms with Gasteiger partial charge in [0.05, 0.1) is 25.4 Å². The van der Waals surface area contributed by atoms with Crippen LogP contribution in [-0.2, 0) is 12.8 Å². The van der Waals surface area contributed by atoms with Crippen molar-refractivity contribution in [3.8, 4) is 5.75 Å². The zero-order valence-electron chi connectivity index (χ0n) is 16.1. The van der Waals surface area contributed by atoms with E-state index in [4.69, 9.17) is 10.5 Å². The Bertz CT molecular complexity index is 624. The van der Waals surface area contributed by atoms with Gasteiger partial charge in [0.25, 0.3) is 0 Å². The Hall–Kier alpha value is -1.88. The van der Waals surface area contributed by atoms with Crippen molar-refractivity contribution < 1.29 is 14.9 Å². The van der Waals surface area contributed by atoms with Crippen LogP contribution in [0.5, 0.6) is 5.75 Å². The highest BCUT2D eigenvalue weighted by Crippen LogP contribution is 2.15. The van der Waals surface area contributed by atoms with Gasteiger partial charge in [-0.05, 0) is 55.4 Å². The standard InChI is InChI=1S/C23H33NO3/c24-23(18-25,19-26)16-15-21-13-11-20(12-14-21)8-4-1-2-7-17-27-22-9-5-3-6-10-22/h3,5-6,9-14,25-26H,1-2,4,7-8,15-19,24H2. The topological polar surface area (TPSA) is 75.7 Å². The van der Waals surface area contributed by atoms with Crippen LogP contribution in [0.1, 0.15) is 43.2 Å². The smallest absolute Gasteiger partial charge is 0.119 e. The van der Waals surface area contributed by atoms with Gasteiger partial charge in [-0.15, -0.1) is 0 Å². The van der Waals surface area contributed by atoms with Gasteiger partial charge in [0.1, 0.15) is 5.75 Å². The lowest BCUT2D eigenvalue weighted by Gasteiger charge is -2.24. The number of ether oxygens (including phenoxy) is 1. The maximum absolute atomic E-state index is 9.25. The van der Waals surface area contributed by atoms with Gasteiger partial charge in [0.2, 0.25) is 0 Å². The molecule has 0 saturated carbocycles. The molecule has 0 atom stereocenters. The number of unbranched alkanes of at least 4 members (excludes halogenated alkanes) is 3. The van der Waals surface area contributed by atoms with Crippen LogP contribution in [0, 0.1) is 0 Å². The minimum Gasteiger partial charge on any atom is -0.494 e. The highest BCUT2D eigenvalue weighted by molar-refractivity contribution is 5.23. The van der Waals surface area contributed by atoms with Crippen LogP contribution in [0.25, 0.3) is 0 Å². The van der Waals surface area contributed by atoms with Crippen molar-refractivity contribution in [1.82, 2.24) is 0 Å². The van der Waals surface area contributed by atoms with Crippen molar-refractivity contribution in [3.05, 3.63) is 65.7 Å². The number of hydrogen-bond donors (Lipinski definition) is 3. The van der Waals surface area contributed by atoms with Crippen molar-refractivity contribution in [2.24, 2.45) is 5.73 Å². The molecule has 0 unspecified atom stereocenters. The van der Waals surface area contributed by atoms with Crippen LogP contribution < -0.4 is 10.5 Å². The molecule has 4 nitrogen and oxygen atoms in total. The Morgan fingerprint density at radius 3 is 1.96 bits per heavy atom. The number of aliphatic hydroxyl groups is 2. The second-order valence-corrected chi connectivity index (χ2v) is 7.32. The molecule has 0 aliphatic rings. The number of nitrogens with two attached hydrogens (primary N) is 1. The van der Waals surface area contributed by atoms with Crippen molar-refractivity contribution >= 4 is 0 Å². The predicted octanol–water partition coefficient (Wildman–Crippen LogP) is 3.48. The van der Waals surface area contributed by atoms with Crippen LogP contribution in [-0.4, -0.2) is 35.6 Å². The monoisotopic (exact) mass is 371 g/mol. The molecule has 2 aromatic rings. The number of para-hydroxylation sites is 1. The summed E-state index contributed by atoms with van der Waals surface area (Å²) in [7, 11) is 0. The van der Waals surface area contributed by atoms with Gasteiger partial charge in [0.15, 0.2) is 0 Å². The summed E-state index contributed by atoms with van der Waals surface area (Å²) in [5.41, 5.74) is 7.57. The summed E-state index contributed by atoms with van der Waals surface area (Å²) < 4.78 is 5.71. The fourth-order valence-corrected chi connectivity index (χ4v) is 2.97. The molecular formula is C23H33NO3. The summed E-state index contributed by atoms with van der Waals surface area (Å²) in [6.07, 6.45) is 7.10. The van der Waals surface area contributed by atoms with Crippen molar-refractivity contribution in [2.45, 2.75) is 50.5 Å². The summed E-state index contributed by atoms with van der Waals surface area (Å²) in [5, 5.41) is 18.5. The second kappa shape index (κ2) is 11.8. The Kier molecular flexibility index (Phi) is 9.32. The Labute approximate surface area is 163 Å². The van der Waals surface area contributed by atoms with Gasteiger partial charge in [-0.3, -0.25) is 0 Å². The number of hydrogen-bond acceptors (Lipinski definition) is 4. The summed E-state index contributed by atoms with van der Waals surface area (Å²) in [5.74, 6) is 0.947. The third kappa shape index (κ3) is 8.12. The minimum absolute atomic E-state index is 0.196. The van der Waals surface area contributed by atoms with Gasteiger partial charge >= 0.3 is 0 Å². The third-order valence-electron chi connectivity index (χ3n) is 4.94. The van der Waals surface area contributed by atoms with E-state index in [2.05, 4.69) is 24.3 Å². The zero-order valence-corrected chi connectivity index (χ0v) is 16.1. The van der Waals surface area contributed by atoms with Crippen LogP contribution in [0.3, 0.4) is 0 Å². The molecule has 0 amide bonds. The quantitative estimate of drug-likeness (QED) is 0.471. The maximum Gasteiger partial charge on any atom is 0.119 e. The van der Waals surface area contributed by atoms with E-state index in [-0.39, 0.29) is 13.2 Å². The summed E-state index contributed by atoms with van der Waals surface area (Å²) in [6.45, 7) is 0.388. The molecule has 4 N–H and O–H groups in total. The van der Waals surface area contributed by atoms with Crippen LogP contribution in [0.15, 0.2) is 54.6 Å². The van der Waals surface area contributed by atoms with E-state index in [0.717, 1.165) is 31.6 Å². The van der Waals surface area contributed by atoms with Crippen molar-refractivity contribution in [3.63, 3.8) is 0 Å². The summed E-state index contributed by atoms with van der Waals surface area (Å²) in [4.78, 5) is 0. The summed E-state index contributed by atoms with van der Waals surface area (Å²) >= 11 is 0. The number of aliphatic hydroxyl groups excluding tert-OH is 2. The molecule has 0 radical (unpaired) electrons. The predicted molar refractivity (Wildman–Crippen MR) is 110 cm³/mol. The van der Waals surface area contributed by atoms with Gasteiger partial charge in [-0.2, -0.15) is 0 Å². The third-order valence-corrected chi connectivity index (χ3v) is 4.94. The van der Waals surface area contributed by atoms with Gasteiger partial charge in [-0.25, -0.2) is 0 Å². The zero-order chi connectivity index (χ0) is 19.4. The molecule has 0 aliphatic heterocycles. The van der Waals surface area contributed by atoms with Gasteiger partial charge in [-0.1, -0.05) is 55.3 Å². The van der Waals surface area contributed by atoms with Crippen LogP contribution in [0.2, 0.25) is 0 Å². The molecule has 2 aromatic carbocycles. The molecule has 0 bridgehead atoms. The molecule has 148 valence electrons. The van der Waals surface area contributed by atoms with E-state index in [0.29, 0.717) is 6.42 Å². The van der Waals surface area contributed by atoms with Crippen molar-refractivity contribution in [1.29, 1.82) is 0 Å². The van der Waals surface area contributed by atoms with E-state index in [9.17, 15) is 10.2 Å². The van der Waals surface area contributed by atoms with E-state index in [1.54, 1.807) is 0 Å². The average molecular weight is 372 g/mol. The number of rotatable bonds is 13. The first-order valence-electron chi connectivity index (χ1n) is 9.91. The fourth-order valence-electron chi connectivity index (χ4n) is 2.97. The highest BCUT2D eigenvalue weighted by atomic mass is 16.5. The first-order chi connectivity index (χ1) is 13.1. The normalized spacial score (nSPS) is 11.5. The Balaban J connectivity index is 1.57. The lowest BCUT2D eigenvalue weighted by atomic mass is 9.93. The molecular weight excluding hydrogens is 338 g/mol. The molecule has 4 heteroatoms. The molecule has 0 aromatic heterocycles. The number of benzene rings is 2. The van der Waals surface area contributed by atoms with Crippen LogP contribution in [0.4, 0.5) is 0 Å². The average Bonchev–Trinajstić information content (AvgIpc) is 2.73. The first kappa shape index (κ1) is 21.4. The fraction of sp³-hybridized carbons (Fsp3) is 0.478. The van der Waals surface area contributed by atoms with Gasteiger partial charge < -0.3 is 20.7 Å². The Morgan fingerprint density at radius 2 is 1.33 bits per heavy atom. The molecule has 0 spiro atoms. The van der Waals surface area contributed by atoms with Gasteiger partial charge in [0, 0.05) is 0 Å². The van der Waals surface area contributed by atoms with E-state index in [1.807, 2.05) is 30.3 Å². The SMILES string of the molecule is NC(CO)(CO)CCc1ccc(CCCCCCOc2ccccc2)cc1. The lowest BCUT2D eigenvalue weighted by molar-refractivity contribution is 0.115. The maximum atomic E-state index is 9.25. The molecule has 0 saturated heterocycles. The van der Waals surface area contributed by atoms with Crippen molar-refractivity contribution in [2.75, 3.05) is 19.8 Å². The van der Waals surface area contributed by atoms with E-state index >= 15 is 0 Å². The number of aryl methyl sites for hydroxylation is 2.